The molecule has 36 heavy (non-hydrogen) atoms. The molecule has 8 nitrogen and oxygen atoms in total. The van der Waals surface area contributed by atoms with Gasteiger partial charge in [0.2, 0.25) is 5.91 Å². The molecule has 8 heteroatoms. The monoisotopic (exact) mass is 493 g/mol. The predicted octanol–water partition coefficient (Wildman–Crippen LogP) is 3.82. The quantitative estimate of drug-likeness (QED) is 0.619. The maximum atomic E-state index is 13.6. The van der Waals surface area contributed by atoms with Crippen LogP contribution < -0.4 is 10.6 Å². The summed E-state index contributed by atoms with van der Waals surface area (Å²) < 4.78 is 2.11. The number of imidazole rings is 1. The fourth-order valence-corrected chi connectivity index (χ4v) is 4.45. The summed E-state index contributed by atoms with van der Waals surface area (Å²) >= 11 is 0. The molecule has 1 aromatic carbocycles. The molecule has 1 aliphatic heterocycles. The summed E-state index contributed by atoms with van der Waals surface area (Å²) in [6, 6.07) is 6.65. The average Bonchev–Trinajstić information content (AvgIpc) is 3.23. The molecule has 0 radical (unpaired) electrons. The van der Waals surface area contributed by atoms with E-state index in [0.29, 0.717) is 23.5 Å². The fraction of sp³-hybridized carbons (Fsp3) is 0.500. The van der Waals surface area contributed by atoms with Gasteiger partial charge in [0.25, 0.3) is 11.8 Å². The van der Waals surface area contributed by atoms with E-state index in [4.69, 9.17) is 4.98 Å². The number of nitrogens with zero attached hydrogens (tertiary/aromatic N) is 3. The molecule has 1 aromatic heterocycles. The Hall–Kier alpha value is -3.42. The third-order valence-electron chi connectivity index (χ3n) is 6.56. The number of hydrogen-bond acceptors (Lipinski definition) is 4. The Bertz CT molecular complexity index is 1170. The van der Waals surface area contributed by atoms with Crippen molar-refractivity contribution in [1.29, 1.82) is 0 Å². The molecule has 1 atom stereocenters. The molecule has 194 valence electrons. The van der Waals surface area contributed by atoms with Gasteiger partial charge in [-0.3, -0.25) is 14.4 Å². The third kappa shape index (κ3) is 6.04. The minimum absolute atomic E-state index is 0.0942. The van der Waals surface area contributed by atoms with Gasteiger partial charge < -0.3 is 20.1 Å². The molecule has 0 saturated carbocycles. The highest BCUT2D eigenvalue weighted by molar-refractivity contribution is 5.98. The van der Waals surface area contributed by atoms with Gasteiger partial charge in [-0.15, -0.1) is 0 Å². The van der Waals surface area contributed by atoms with Crippen LogP contribution in [0.1, 0.15) is 73.5 Å². The van der Waals surface area contributed by atoms with E-state index in [1.807, 2.05) is 39.0 Å². The molecule has 0 saturated heterocycles. The van der Waals surface area contributed by atoms with E-state index in [2.05, 4.69) is 28.2 Å². The lowest BCUT2D eigenvalue weighted by atomic mass is 9.86. The fourth-order valence-electron chi connectivity index (χ4n) is 4.45. The van der Waals surface area contributed by atoms with E-state index < -0.39 is 11.5 Å². The zero-order valence-corrected chi connectivity index (χ0v) is 22.6. The molecule has 3 amide bonds. The van der Waals surface area contributed by atoms with Crippen LogP contribution >= 0.6 is 0 Å². The number of allylic oxidation sites excluding steroid dienone is 2. The summed E-state index contributed by atoms with van der Waals surface area (Å²) in [4.78, 5) is 45.2. The van der Waals surface area contributed by atoms with Crippen LogP contribution in [0.25, 0.3) is 11.4 Å². The van der Waals surface area contributed by atoms with E-state index in [0.717, 1.165) is 37.1 Å². The number of hydrogen-bond donors (Lipinski definition) is 2. The molecule has 3 rings (SSSR count). The number of rotatable bonds is 5. The Labute approximate surface area is 214 Å². The van der Waals surface area contributed by atoms with Crippen LogP contribution in [0.3, 0.4) is 0 Å². The zero-order chi connectivity index (χ0) is 26.6. The number of carbonyl (C=O) groups is 3. The topological polar surface area (TPSA) is 96.3 Å². The Balaban J connectivity index is 2.13. The highest BCUT2D eigenvalue weighted by Gasteiger charge is 2.34. The number of nitrogens with one attached hydrogen (secondary N) is 2. The second kappa shape index (κ2) is 11.1. The van der Waals surface area contributed by atoms with Gasteiger partial charge in [0, 0.05) is 45.2 Å². The minimum atomic E-state index is -0.717. The van der Waals surface area contributed by atoms with Crippen molar-refractivity contribution in [3.8, 4) is 11.4 Å². The van der Waals surface area contributed by atoms with Crippen molar-refractivity contribution in [2.24, 2.45) is 5.41 Å². The summed E-state index contributed by atoms with van der Waals surface area (Å²) in [5.41, 5.74) is 3.28. The van der Waals surface area contributed by atoms with E-state index in [-0.39, 0.29) is 17.7 Å². The lowest BCUT2D eigenvalue weighted by molar-refractivity contribution is -0.124. The van der Waals surface area contributed by atoms with Gasteiger partial charge in [-0.25, -0.2) is 4.98 Å². The first-order chi connectivity index (χ1) is 16.9. The highest BCUT2D eigenvalue weighted by Crippen LogP contribution is 2.28. The Kier molecular flexibility index (Phi) is 8.38. The first kappa shape index (κ1) is 27.2. The summed E-state index contributed by atoms with van der Waals surface area (Å²) in [7, 11) is 5.01. The number of benzene rings is 1. The number of fused-ring (bicyclic) bond motifs is 1. The molecule has 0 fully saturated rings. The maximum absolute atomic E-state index is 13.6. The largest absolute Gasteiger partial charge is 0.357 e. The second-order valence-corrected chi connectivity index (χ2v) is 10.8. The first-order valence-electron chi connectivity index (χ1n) is 12.5. The SMILES string of the molecule is CNC(=O)[C@@H](NC(=O)c1nc(-c2cccc(C(=O)N(C)C)c2)n2c1C/C=C(\C)CCCC2)C(C)(C)C. The Morgan fingerprint density at radius 2 is 1.86 bits per heavy atom. The van der Waals surface area contributed by atoms with Crippen molar-refractivity contribution in [3.63, 3.8) is 0 Å². The normalized spacial score (nSPS) is 16.4. The van der Waals surface area contributed by atoms with Gasteiger partial charge >= 0.3 is 0 Å². The molecule has 1 aliphatic rings. The molecule has 0 bridgehead atoms. The smallest absolute Gasteiger partial charge is 0.272 e. The van der Waals surface area contributed by atoms with E-state index in [9.17, 15) is 14.4 Å². The van der Waals surface area contributed by atoms with Crippen LogP contribution in [0.15, 0.2) is 35.9 Å². The van der Waals surface area contributed by atoms with Crippen LogP contribution in [-0.4, -0.2) is 59.4 Å². The van der Waals surface area contributed by atoms with Crippen molar-refractivity contribution in [3.05, 3.63) is 52.9 Å². The molecule has 2 aromatic rings. The molecular weight excluding hydrogens is 454 g/mol. The lowest BCUT2D eigenvalue weighted by Crippen LogP contribution is -2.53. The van der Waals surface area contributed by atoms with E-state index in [1.165, 1.54) is 10.5 Å². The van der Waals surface area contributed by atoms with Gasteiger partial charge in [0.15, 0.2) is 0 Å². The van der Waals surface area contributed by atoms with Crippen LogP contribution in [0.2, 0.25) is 0 Å². The first-order valence-corrected chi connectivity index (χ1v) is 12.5. The Morgan fingerprint density at radius 3 is 2.50 bits per heavy atom. The molecule has 2 heterocycles. The van der Waals surface area contributed by atoms with Crippen molar-refractivity contribution in [2.45, 2.75) is 66.0 Å². The standard InChI is InChI=1S/C28H39N5O3/c1-18-11-8-9-16-33-21(15-14-18)22(25(34)31-23(26(35)29-5)28(2,3)4)30-24(33)19-12-10-13-20(17-19)27(36)32(6)7/h10,12-14,17,23H,8-9,11,15-16H2,1-7H3,(H,29,35)(H,31,34)/b18-14+/t23-/m1/s1. The summed E-state index contributed by atoms with van der Waals surface area (Å²) in [6.45, 7) is 8.58. The van der Waals surface area contributed by atoms with Crippen molar-refractivity contribution in [2.75, 3.05) is 21.1 Å². The lowest BCUT2D eigenvalue weighted by Gasteiger charge is -2.29. The van der Waals surface area contributed by atoms with E-state index in [1.54, 1.807) is 27.2 Å². The second-order valence-electron chi connectivity index (χ2n) is 10.8. The third-order valence-corrected chi connectivity index (χ3v) is 6.56. The van der Waals surface area contributed by atoms with Gasteiger partial charge in [-0.1, -0.05) is 44.6 Å². The number of aromatic nitrogens is 2. The number of carbonyl (C=O) groups excluding carboxylic acids is 3. The van der Waals surface area contributed by atoms with Crippen LogP contribution in [0.5, 0.6) is 0 Å². The summed E-state index contributed by atoms with van der Waals surface area (Å²) in [6.07, 6.45) is 5.73. The average molecular weight is 494 g/mol. The van der Waals surface area contributed by atoms with Crippen LogP contribution in [-0.2, 0) is 17.8 Å². The molecule has 0 spiro atoms. The molecule has 0 unspecified atom stereocenters. The van der Waals surface area contributed by atoms with Crippen molar-refractivity contribution >= 4 is 17.7 Å². The van der Waals surface area contributed by atoms with Crippen LogP contribution in [0.4, 0.5) is 0 Å². The van der Waals surface area contributed by atoms with Crippen molar-refractivity contribution in [1.82, 2.24) is 25.1 Å². The number of amides is 3. The van der Waals surface area contributed by atoms with Crippen LogP contribution in [0, 0.1) is 5.41 Å². The van der Waals surface area contributed by atoms with Gasteiger partial charge in [-0.05, 0) is 43.7 Å². The molecule has 0 aliphatic carbocycles. The molecule has 2 N–H and O–H groups in total. The van der Waals surface area contributed by atoms with Gasteiger partial charge in [0.05, 0.1) is 5.69 Å². The summed E-state index contributed by atoms with van der Waals surface area (Å²) in [5, 5.41) is 5.59. The van der Waals surface area contributed by atoms with Gasteiger partial charge in [-0.2, -0.15) is 0 Å². The minimum Gasteiger partial charge on any atom is -0.357 e. The molecular formula is C28H39N5O3. The zero-order valence-electron chi connectivity index (χ0n) is 22.6. The maximum Gasteiger partial charge on any atom is 0.272 e. The Morgan fingerprint density at radius 1 is 1.14 bits per heavy atom. The summed E-state index contributed by atoms with van der Waals surface area (Å²) in [5.74, 6) is -0.0630. The number of likely N-dealkylation sites (N-methyl/N-ethyl adjacent to an activating group) is 1. The van der Waals surface area contributed by atoms with Crippen molar-refractivity contribution < 1.29 is 14.4 Å². The van der Waals surface area contributed by atoms with E-state index >= 15 is 0 Å². The highest BCUT2D eigenvalue weighted by atomic mass is 16.2. The van der Waals surface area contributed by atoms with Gasteiger partial charge in [0.1, 0.15) is 17.6 Å². The predicted molar refractivity (Wildman–Crippen MR) is 142 cm³/mol.